The van der Waals surface area contributed by atoms with Gasteiger partial charge < -0.3 is 18.9 Å². The monoisotopic (exact) mass is 380 g/mol. The Hall–Kier alpha value is -1.26. The summed E-state index contributed by atoms with van der Waals surface area (Å²) >= 11 is 0. The minimum Gasteiger partial charge on any atom is -0.465 e. The quantitative estimate of drug-likeness (QED) is 0.417. The first-order valence-electron chi connectivity index (χ1n) is 10.3. The van der Waals surface area contributed by atoms with Crippen molar-refractivity contribution in [1.82, 2.24) is 0 Å². The van der Waals surface area contributed by atoms with E-state index in [1.165, 1.54) is 5.56 Å². The molecule has 1 aromatic carbocycles. The van der Waals surface area contributed by atoms with Crippen LogP contribution >= 0.6 is 0 Å². The molecule has 0 radical (unpaired) electrons. The van der Waals surface area contributed by atoms with E-state index in [0.29, 0.717) is 25.0 Å². The van der Waals surface area contributed by atoms with E-state index in [2.05, 4.69) is 40.7 Å². The van der Waals surface area contributed by atoms with Crippen molar-refractivity contribution in [2.75, 3.05) is 13.2 Å². The largest absolute Gasteiger partial charge is 0.465 e. The Balaban J connectivity index is 3.24. The Bertz CT molecular complexity index is 548. The second kappa shape index (κ2) is 10.9. The van der Waals surface area contributed by atoms with E-state index in [1.54, 1.807) is 0 Å². The maximum Gasteiger partial charge on any atom is 0.196 e. The Morgan fingerprint density at radius 3 is 1.89 bits per heavy atom. The summed E-state index contributed by atoms with van der Waals surface area (Å²) in [6, 6.07) is 6.05. The van der Waals surface area contributed by atoms with Crippen LogP contribution in [0.5, 0.6) is 11.5 Å². The van der Waals surface area contributed by atoms with Gasteiger partial charge in [-0.15, -0.1) is 0 Å². The van der Waals surface area contributed by atoms with E-state index in [1.807, 2.05) is 39.8 Å². The summed E-state index contributed by atoms with van der Waals surface area (Å²) in [5, 5.41) is 0. The molecule has 0 aliphatic rings. The third-order valence-electron chi connectivity index (χ3n) is 4.42. The molecule has 4 heteroatoms. The Morgan fingerprint density at radius 2 is 1.41 bits per heavy atom. The van der Waals surface area contributed by atoms with Crippen LogP contribution in [-0.2, 0) is 9.47 Å². The lowest BCUT2D eigenvalue weighted by Gasteiger charge is -2.31. The molecule has 0 saturated carbocycles. The van der Waals surface area contributed by atoms with Crippen molar-refractivity contribution in [3.63, 3.8) is 0 Å². The van der Waals surface area contributed by atoms with Crippen molar-refractivity contribution < 1.29 is 18.9 Å². The highest BCUT2D eigenvalue weighted by Gasteiger charge is 2.27. The molecule has 0 amide bonds. The lowest BCUT2D eigenvalue weighted by Crippen LogP contribution is -2.21. The summed E-state index contributed by atoms with van der Waals surface area (Å²) in [4.78, 5) is 0. The van der Waals surface area contributed by atoms with E-state index in [0.717, 1.165) is 17.9 Å². The molecule has 0 saturated heterocycles. The molecule has 4 nitrogen and oxygen atoms in total. The van der Waals surface area contributed by atoms with Crippen LogP contribution in [0.4, 0.5) is 0 Å². The summed E-state index contributed by atoms with van der Waals surface area (Å²) in [5.41, 5.74) is 1.39. The Kier molecular flexibility index (Phi) is 9.61. The SMILES string of the molecule is CCOC(C)Oc1ccc(OC(C)OCC)c(C(CC(C)(C)C)C(C)C)c1. The van der Waals surface area contributed by atoms with Gasteiger partial charge in [-0.25, -0.2) is 0 Å². The van der Waals surface area contributed by atoms with Gasteiger partial charge in [0.25, 0.3) is 0 Å². The standard InChI is InChI=1S/C23H40O4/c1-10-24-17(5)26-19-12-13-22(27-18(6)25-11-2)20(14-19)21(16(3)4)15-23(7,8)9/h12-14,16-18,21H,10-11,15H2,1-9H3. The molecule has 1 rings (SSSR count). The Labute approximate surface area is 166 Å². The van der Waals surface area contributed by atoms with Crippen LogP contribution in [0.25, 0.3) is 0 Å². The van der Waals surface area contributed by atoms with Crippen molar-refractivity contribution in [1.29, 1.82) is 0 Å². The number of benzene rings is 1. The maximum absolute atomic E-state index is 6.13. The predicted molar refractivity (Wildman–Crippen MR) is 112 cm³/mol. The molecule has 0 bridgehead atoms. The van der Waals surface area contributed by atoms with Crippen molar-refractivity contribution in [2.45, 2.75) is 87.2 Å². The second-order valence-corrected chi connectivity index (χ2v) is 8.60. The molecule has 3 atom stereocenters. The van der Waals surface area contributed by atoms with E-state index in [-0.39, 0.29) is 18.0 Å². The molecule has 156 valence electrons. The zero-order chi connectivity index (χ0) is 20.6. The van der Waals surface area contributed by atoms with Gasteiger partial charge in [-0.1, -0.05) is 34.6 Å². The highest BCUT2D eigenvalue weighted by Crippen LogP contribution is 2.42. The van der Waals surface area contributed by atoms with Gasteiger partial charge in [-0.2, -0.15) is 0 Å². The lowest BCUT2D eigenvalue weighted by atomic mass is 9.76. The highest BCUT2D eigenvalue weighted by molar-refractivity contribution is 5.43. The molecular weight excluding hydrogens is 340 g/mol. The number of ether oxygens (including phenoxy) is 4. The second-order valence-electron chi connectivity index (χ2n) is 8.60. The molecule has 1 aromatic rings. The predicted octanol–water partition coefficient (Wildman–Crippen LogP) is 6.39. The van der Waals surface area contributed by atoms with E-state index in [4.69, 9.17) is 18.9 Å². The van der Waals surface area contributed by atoms with Crippen LogP contribution in [-0.4, -0.2) is 25.8 Å². The number of hydrogen-bond acceptors (Lipinski definition) is 4. The average Bonchev–Trinajstić information content (AvgIpc) is 2.53. The molecule has 0 heterocycles. The summed E-state index contributed by atoms with van der Waals surface area (Å²) in [6.07, 6.45) is 0.497. The minimum atomic E-state index is -0.287. The fourth-order valence-electron chi connectivity index (χ4n) is 3.27. The average molecular weight is 381 g/mol. The van der Waals surface area contributed by atoms with Gasteiger partial charge in [0.1, 0.15) is 11.5 Å². The molecule has 0 spiro atoms. The first kappa shape index (κ1) is 23.8. The van der Waals surface area contributed by atoms with E-state index < -0.39 is 0 Å². The van der Waals surface area contributed by atoms with E-state index >= 15 is 0 Å². The van der Waals surface area contributed by atoms with Crippen molar-refractivity contribution >= 4 is 0 Å². The van der Waals surface area contributed by atoms with Crippen molar-refractivity contribution in [3.05, 3.63) is 23.8 Å². The van der Waals surface area contributed by atoms with Gasteiger partial charge in [0, 0.05) is 18.8 Å². The summed E-state index contributed by atoms with van der Waals surface area (Å²) < 4.78 is 23.2. The number of rotatable bonds is 11. The summed E-state index contributed by atoms with van der Waals surface area (Å²) in [6.45, 7) is 20.4. The minimum absolute atomic E-state index is 0.215. The summed E-state index contributed by atoms with van der Waals surface area (Å²) in [7, 11) is 0. The van der Waals surface area contributed by atoms with E-state index in [9.17, 15) is 0 Å². The van der Waals surface area contributed by atoms with Crippen molar-refractivity contribution in [2.24, 2.45) is 11.3 Å². The van der Waals surface area contributed by atoms with Crippen LogP contribution in [0.3, 0.4) is 0 Å². The fraction of sp³-hybridized carbons (Fsp3) is 0.739. The number of hydrogen-bond donors (Lipinski definition) is 0. The zero-order valence-corrected chi connectivity index (χ0v) is 18.8. The molecule has 27 heavy (non-hydrogen) atoms. The fourth-order valence-corrected chi connectivity index (χ4v) is 3.27. The van der Waals surface area contributed by atoms with Crippen LogP contribution in [0.2, 0.25) is 0 Å². The highest BCUT2D eigenvalue weighted by atomic mass is 16.7. The third-order valence-corrected chi connectivity index (χ3v) is 4.42. The topological polar surface area (TPSA) is 36.9 Å². The molecule has 0 aliphatic carbocycles. The smallest absolute Gasteiger partial charge is 0.196 e. The molecule has 0 aliphatic heterocycles. The molecule has 0 fully saturated rings. The van der Waals surface area contributed by atoms with Crippen molar-refractivity contribution in [3.8, 4) is 11.5 Å². The summed E-state index contributed by atoms with van der Waals surface area (Å²) in [5.74, 6) is 2.52. The van der Waals surface area contributed by atoms with Gasteiger partial charge in [0.15, 0.2) is 12.6 Å². The maximum atomic E-state index is 6.13. The van der Waals surface area contributed by atoms with Crippen LogP contribution in [0.15, 0.2) is 18.2 Å². The zero-order valence-electron chi connectivity index (χ0n) is 18.8. The Morgan fingerprint density at radius 1 is 0.852 bits per heavy atom. The molecule has 0 N–H and O–H groups in total. The first-order valence-corrected chi connectivity index (χ1v) is 10.3. The van der Waals surface area contributed by atoms with Gasteiger partial charge in [0.05, 0.1) is 0 Å². The van der Waals surface area contributed by atoms with Crippen LogP contribution < -0.4 is 9.47 Å². The lowest BCUT2D eigenvalue weighted by molar-refractivity contribution is -0.0642. The molecule has 3 unspecified atom stereocenters. The third kappa shape index (κ3) is 8.52. The van der Waals surface area contributed by atoms with Crippen LogP contribution in [0, 0.1) is 11.3 Å². The molecule has 0 aromatic heterocycles. The molecular formula is C23H40O4. The van der Waals surface area contributed by atoms with Gasteiger partial charge in [-0.05, 0) is 69.6 Å². The first-order chi connectivity index (χ1) is 12.6. The van der Waals surface area contributed by atoms with Gasteiger partial charge >= 0.3 is 0 Å². The normalized spacial score (nSPS) is 15.5. The van der Waals surface area contributed by atoms with Gasteiger partial charge in [-0.3, -0.25) is 0 Å². The van der Waals surface area contributed by atoms with Gasteiger partial charge in [0.2, 0.25) is 0 Å². The van der Waals surface area contributed by atoms with Crippen LogP contribution in [0.1, 0.15) is 80.2 Å².